The summed E-state index contributed by atoms with van der Waals surface area (Å²) < 4.78 is 9.80. The zero-order valence-electron chi connectivity index (χ0n) is 11.0. The molecule has 0 heterocycles. The van der Waals surface area contributed by atoms with Gasteiger partial charge in [0.25, 0.3) is 0 Å². The molecule has 18 heavy (non-hydrogen) atoms. The Bertz CT molecular complexity index is 336. The summed E-state index contributed by atoms with van der Waals surface area (Å²) >= 11 is 0. The molecule has 0 bridgehead atoms. The van der Waals surface area contributed by atoms with Gasteiger partial charge in [-0.15, -0.1) is 0 Å². The molecule has 1 rings (SSSR count). The first-order valence-electron chi connectivity index (χ1n) is 6.43. The number of carbonyl (C=O) groups is 3. The lowest BCUT2D eigenvalue weighted by Crippen LogP contribution is -2.37. The fraction of sp³-hybridized carbons (Fsp3) is 0.769. The molecular weight excluding hydrogens is 236 g/mol. The number of ketones is 1. The molecule has 5 nitrogen and oxygen atoms in total. The van der Waals surface area contributed by atoms with Gasteiger partial charge in [-0.2, -0.15) is 0 Å². The summed E-state index contributed by atoms with van der Waals surface area (Å²) in [5, 5.41) is 0. The lowest BCUT2D eigenvalue weighted by atomic mass is 9.80. The topological polar surface area (TPSA) is 69.7 Å². The molecule has 1 saturated carbocycles. The van der Waals surface area contributed by atoms with Crippen molar-refractivity contribution in [1.82, 2.24) is 0 Å². The molecule has 0 N–H and O–H groups in total. The van der Waals surface area contributed by atoms with Crippen LogP contribution in [0.1, 0.15) is 46.0 Å². The second kappa shape index (κ2) is 6.52. The lowest BCUT2D eigenvalue weighted by molar-refractivity contribution is -0.160. The number of hydrogen-bond acceptors (Lipinski definition) is 5. The molecule has 0 spiro atoms. The van der Waals surface area contributed by atoms with E-state index in [2.05, 4.69) is 0 Å². The highest BCUT2D eigenvalue weighted by Crippen LogP contribution is 2.40. The molecule has 1 fully saturated rings. The minimum absolute atomic E-state index is 0.0817. The predicted molar refractivity (Wildman–Crippen MR) is 63.8 cm³/mol. The molecule has 0 unspecified atom stereocenters. The Hall–Kier alpha value is -1.39. The second-order valence-corrected chi connectivity index (χ2v) is 4.38. The van der Waals surface area contributed by atoms with Gasteiger partial charge in [-0.1, -0.05) is 0 Å². The highest BCUT2D eigenvalue weighted by Gasteiger charge is 2.49. The molecule has 1 aliphatic carbocycles. The van der Waals surface area contributed by atoms with Crippen LogP contribution < -0.4 is 0 Å². The third kappa shape index (κ3) is 3.09. The minimum Gasteiger partial charge on any atom is -0.466 e. The molecule has 0 saturated heterocycles. The Labute approximate surface area is 107 Å². The maximum atomic E-state index is 12.0. The van der Waals surface area contributed by atoms with Gasteiger partial charge in [0.15, 0.2) is 0 Å². The highest BCUT2D eigenvalue weighted by atomic mass is 16.5. The summed E-state index contributed by atoms with van der Waals surface area (Å²) in [5.41, 5.74) is -1.11. The van der Waals surface area contributed by atoms with Crippen LogP contribution in [0.4, 0.5) is 0 Å². The second-order valence-electron chi connectivity index (χ2n) is 4.38. The van der Waals surface area contributed by atoms with Gasteiger partial charge in [0.05, 0.1) is 13.2 Å². The van der Waals surface area contributed by atoms with Crippen molar-refractivity contribution in [2.75, 3.05) is 13.2 Å². The van der Waals surface area contributed by atoms with E-state index in [0.717, 1.165) is 0 Å². The molecule has 5 heteroatoms. The number of rotatable bonds is 6. The van der Waals surface area contributed by atoms with Gasteiger partial charge in [0.2, 0.25) is 0 Å². The van der Waals surface area contributed by atoms with Crippen LogP contribution in [0.2, 0.25) is 0 Å². The normalized spacial score (nSPS) is 22.9. The number of ether oxygens (including phenoxy) is 2. The smallest absolute Gasteiger partial charge is 0.319 e. The van der Waals surface area contributed by atoms with Gasteiger partial charge in [0.1, 0.15) is 11.2 Å². The zero-order valence-corrected chi connectivity index (χ0v) is 11.0. The first kappa shape index (κ1) is 14.7. The van der Waals surface area contributed by atoms with Crippen molar-refractivity contribution in [1.29, 1.82) is 0 Å². The molecule has 1 aliphatic rings. The molecule has 0 aromatic carbocycles. The fourth-order valence-corrected chi connectivity index (χ4v) is 2.33. The number of hydrogen-bond donors (Lipinski definition) is 0. The third-order valence-electron chi connectivity index (χ3n) is 3.27. The van der Waals surface area contributed by atoms with Crippen LogP contribution in [0.25, 0.3) is 0 Å². The number of Topliss-reactive ketones (excluding diaryl/α,β-unsaturated/α-hetero) is 1. The Balaban J connectivity index is 2.70. The summed E-state index contributed by atoms with van der Waals surface area (Å²) in [6.07, 6.45) is 1.83. The van der Waals surface area contributed by atoms with Gasteiger partial charge in [-0.3, -0.25) is 14.4 Å². The molecule has 0 amide bonds. The van der Waals surface area contributed by atoms with Gasteiger partial charge >= 0.3 is 11.9 Å². The van der Waals surface area contributed by atoms with Crippen molar-refractivity contribution >= 4 is 17.7 Å². The molecule has 0 aromatic rings. The van der Waals surface area contributed by atoms with Gasteiger partial charge < -0.3 is 9.47 Å². The van der Waals surface area contributed by atoms with Crippen LogP contribution in [0.15, 0.2) is 0 Å². The van der Waals surface area contributed by atoms with Crippen LogP contribution in [0, 0.1) is 5.41 Å². The molecule has 0 aliphatic heterocycles. The Kier molecular flexibility index (Phi) is 5.31. The molecule has 102 valence electrons. The Morgan fingerprint density at radius 1 is 1.22 bits per heavy atom. The SMILES string of the molecule is CCOC(=O)CC[C@]1(C(=O)OCC)CCCC1=O. The first-order chi connectivity index (χ1) is 8.56. The molecule has 0 radical (unpaired) electrons. The standard InChI is InChI=1S/C13H20O5/c1-3-17-11(15)7-9-13(12(16)18-4-2)8-5-6-10(13)14/h3-9H2,1-2H3/t13-/m1/s1. The summed E-state index contributed by atoms with van der Waals surface area (Å²) in [4.78, 5) is 35.2. The quantitative estimate of drug-likeness (QED) is 0.533. The number of esters is 2. The minimum atomic E-state index is -1.11. The highest BCUT2D eigenvalue weighted by molar-refractivity contribution is 6.05. The van der Waals surface area contributed by atoms with E-state index in [4.69, 9.17) is 9.47 Å². The van der Waals surface area contributed by atoms with E-state index in [1.807, 2.05) is 0 Å². The molecular formula is C13H20O5. The van der Waals surface area contributed by atoms with E-state index >= 15 is 0 Å². The van der Waals surface area contributed by atoms with Crippen LogP contribution in [0.5, 0.6) is 0 Å². The van der Waals surface area contributed by atoms with Crippen molar-refractivity contribution < 1.29 is 23.9 Å². The van der Waals surface area contributed by atoms with Crippen molar-refractivity contribution in [3.05, 3.63) is 0 Å². The monoisotopic (exact) mass is 256 g/mol. The average Bonchev–Trinajstić information content (AvgIpc) is 2.70. The van der Waals surface area contributed by atoms with E-state index < -0.39 is 11.4 Å². The third-order valence-corrected chi connectivity index (χ3v) is 3.27. The van der Waals surface area contributed by atoms with Crippen molar-refractivity contribution in [2.45, 2.75) is 46.0 Å². The maximum absolute atomic E-state index is 12.0. The van der Waals surface area contributed by atoms with E-state index in [0.29, 0.717) is 25.9 Å². The predicted octanol–water partition coefficient (Wildman–Crippen LogP) is 1.63. The Morgan fingerprint density at radius 3 is 2.39 bits per heavy atom. The summed E-state index contributed by atoms with van der Waals surface area (Å²) in [6.45, 7) is 3.97. The van der Waals surface area contributed by atoms with E-state index in [1.54, 1.807) is 13.8 Å². The van der Waals surface area contributed by atoms with Crippen molar-refractivity contribution in [3.8, 4) is 0 Å². The van der Waals surface area contributed by atoms with Gasteiger partial charge in [-0.05, 0) is 33.1 Å². The maximum Gasteiger partial charge on any atom is 0.319 e. The average molecular weight is 256 g/mol. The summed E-state index contributed by atoms with van der Waals surface area (Å²) in [5.74, 6) is -0.970. The first-order valence-corrected chi connectivity index (χ1v) is 6.43. The van der Waals surface area contributed by atoms with Gasteiger partial charge in [-0.25, -0.2) is 0 Å². The van der Waals surface area contributed by atoms with Crippen LogP contribution >= 0.6 is 0 Å². The zero-order chi connectivity index (χ0) is 13.6. The van der Waals surface area contributed by atoms with Crippen molar-refractivity contribution in [3.63, 3.8) is 0 Å². The largest absolute Gasteiger partial charge is 0.466 e. The van der Waals surface area contributed by atoms with E-state index in [-0.39, 0.29) is 31.2 Å². The van der Waals surface area contributed by atoms with Crippen molar-refractivity contribution in [2.24, 2.45) is 5.41 Å². The molecule has 0 aromatic heterocycles. The van der Waals surface area contributed by atoms with E-state index in [9.17, 15) is 14.4 Å². The Morgan fingerprint density at radius 2 is 1.89 bits per heavy atom. The van der Waals surface area contributed by atoms with Gasteiger partial charge in [0, 0.05) is 12.8 Å². The number of carbonyl (C=O) groups excluding carboxylic acids is 3. The van der Waals surface area contributed by atoms with E-state index in [1.165, 1.54) is 0 Å². The molecule has 1 atom stereocenters. The lowest BCUT2D eigenvalue weighted by Gasteiger charge is -2.24. The summed E-state index contributed by atoms with van der Waals surface area (Å²) in [6, 6.07) is 0. The van der Waals surface area contributed by atoms with Crippen LogP contribution in [0.3, 0.4) is 0 Å². The van der Waals surface area contributed by atoms with Crippen LogP contribution in [-0.2, 0) is 23.9 Å². The fourth-order valence-electron chi connectivity index (χ4n) is 2.33. The summed E-state index contributed by atoms with van der Waals surface area (Å²) in [7, 11) is 0. The van der Waals surface area contributed by atoms with Crippen LogP contribution in [-0.4, -0.2) is 30.9 Å².